The molecule has 0 aliphatic heterocycles. The van der Waals surface area contributed by atoms with E-state index < -0.39 is 40.4 Å². The van der Waals surface area contributed by atoms with Crippen molar-refractivity contribution < 1.29 is 28.1 Å². The first kappa shape index (κ1) is 16.1. The Morgan fingerprint density at radius 3 is 2.48 bits per heavy atom. The van der Waals surface area contributed by atoms with Crippen molar-refractivity contribution in [3.63, 3.8) is 0 Å². The Bertz CT molecular complexity index is 740. The molecule has 2 rings (SSSR count). The number of anilines is 1. The first-order valence-electron chi connectivity index (χ1n) is 6.38. The SMILES string of the molecule is C[C@@H](OC(=O)c1ccc([N+](=O)[O-])o1)C(=O)Nc1ccc(F)cc1. The highest BCUT2D eigenvalue weighted by atomic mass is 19.1. The molecule has 0 aliphatic carbocycles. The van der Waals surface area contributed by atoms with Gasteiger partial charge in [-0.15, -0.1) is 0 Å². The Morgan fingerprint density at radius 2 is 1.91 bits per heavy atom. The second kappa shape index (κ2) is 6.69. The summed E-state index contributed by atoms with van der Waals surface area (Å²) in [7, 11) is 0. The Balaban J connectivity index is 1.95. The van der Waals surface area contributed by atoms with Gasteiger partial charge in [0.1, 0.15) is 10.7 Å². The van der Waals surface area contributed by atoms with E-state index in [2.05, 4.69) is 9.73 Å². The van der Waals surface area contributed by atoms with Crippen molar-refractivity contribution in [3.05, 3.63) is 58.1 Å². The van der Waals surface area contributed by atoms with E-state index in [-0.39, 0.29) is 0 Å². The van der Waals surface area contributed by atoms with E-state index in [1.54, 1.807) is 0 Å². The van der Waals surface area contributed by atoms with Crippen molar-refractivity contribution in [3.8, 4) is 0 Å². The van der Waals surface area contributed by atoms with E-state index >= 15 is 0 Å². The van der Waals surface area contributed by atoms with Crippen molar-refractivity contribution in [2.75, 3.05) is 5.32 Å². The second-order valence-electron chi connectivity index (χ2n) is 4.44. The summed E-state index contributed by atoms with van der Waals surface area (Å²) in [5, 5.41) is 12.9. The molecule has 0 bridgehead atoms. The molecule has 0 unspecified atom stereocenters. The van der Waals surface area contributed by atoms with E-state index in [0.717, 1.165) is 24.3 Å². The number of esters is 1. The summed E-state index contributed by atoms with van der Waals surface area (Å²) >= 11 is 0. The lowest BCUT2D eigenvalue weighted by atomic mass is 10.3. The highest BCUT2D eigenvalue weighted by molar-refractivity contribution is 5.96. The number of hydrogen-bond acceptors (Lipinski definition) is 6. The molecule has 1 aromatic carbocycles. The quantitative estimate of drug-likeness (QED) is 0.514. The molecule has 120 valence electrons. The van der Waals surface area contributed by atoms with Gasteiger partial charge in [0.05, 0.1) is 6.07 Å². The molecule has 2 aromatic rings. The molecule has 1 N–H and O–H groups in total. The molecule has 0 fully saturated rings. The number of carbonyl (C=O) groups excluding carboxylic acids is 2. The van der Waals surface area contributed by atoms with Crippen LogP contribution in [0, 0.1) is 15.9 Å². The van der Waals surface area contributed by atoms with Gasteiger partial charge >= 0.3 is 11.9 Å². The van der Waals surface area contributed by atoms with Gasteiger partial charge in [-0.05, 0) is 37.3 Å². The Kier molecular flexibility index (Phi) is 4.69. The van der Waals surface area contributed by atoms with E-state index in [1.165, 1.54) is 19.1 Å². The molecule has 0 saturated heterocycles. The zero-order valence-corrected chi connectivity index (χ0v) is 11.8. The van der Waals surface area contributed by atoms with Crippen molar-refractivity contribution >= 4 is 23.4 Å². The van der Waals surface area contributed by atoms with E-state index in [1.807, 2.05) is 0 Å². The Morgan fingerprint density at radius 1 is 1.26 bits per heavy atom. The molecule has 1 amide bonds. The average molecular weight is 322 g/mol. The van der Waals surface area contributed by atoms with Crippen molar-refractivity contribution in [1.29, 1.82) is 0 Å². The first-order valence-corrected chi connectivity index (χ1v) is 6.38. The highest BCUT2D eigenvalue weighted by Gasteiger charge is 2.23. The minimum absolute atomic E-state index is 0.327. The van der Waals surface area contributed by atoms with Gasteiger partial charge in [0.2, 0.25) is 5.76 Å². The molecular formula is C14H11FN2O6. The number of carbonyl (C=O) groups is 2. The number of nitro groups is 1. The van der Waals surface area contributed by atoms with Gasteiger partial charge in [0, 0.05) is 5.69 Å². The number of furan rings is 1. The molecule has 0 saturated carbocycles. The molecule has 8 nitrogen and oxygen atoms in total. The van der Waals surface area contributed by atoms with Crippen LogP contribution in [0.5, 0.6) is 0 Å². The summed E-state index contributed by atoms with van der Waals surface area (Å²) in [5.74, 6) is -3.12. The summed E-state index contributed by atoms with van der Waals surface area (Å²) in [6, 6.07) is 7.09. The van der Waals surface area contributed by atoms with E-state index in [4.69, 9.17) is 4.74 Å². The predicted octanol–water partition coefficient (Wildman–Crippen LogP) is 2.51. The number of amides is 1. The van der Waals surface area contributed by atoms with Crippen molar-refractivity contribution in [1.82, 2.24) is 0 Å². The van der Waals surface area contributed by atoms with Crippen LogP contribution in [0.4, 0.5) is 16.0 Å². The van der Waals surface area contributed by atoms with Crippen LogP contribution in [0.15, 0.2) is 40.8 Å². The van der Waals surface area contributed by atoms with Crippen LogP contribution in [-0.4, -0.2) is 22.9 Å². The fourth-order valence-electron chi connectivity index (χ4n) is 1.58. The number of halogens is 1. The standard InChI is InChI=1S/C14H11FN2O6/c1-8(13(18)16-10-4-2-9(15)3-5-10)22-14(19)11-6-7-12(23-11)17(20)21/h2-8H,1H3,(H,16,18)/t8-/m1/s1. The van der Waals surface area contributed by atoms with Gasteiger partial charge in [0.15, 0.2) is 6.10 Å². The zero-order valence-electron chi connectivity index (χ0n) is 11.8. The lowest BCUT2D eigenvalue weighted by Gasteiger charge is -2.12. The summed E-state index contributed by atoms with van der Waals surface area (Å²) in [6.45, 7) is 1.31. The molecular weight excluding hydrogens is 311 g/mol. The fourth-order valence-corrected chi connectivity index (χ4v) is 1.58. The van der Waals surface area contributed by atoms with Crippen LogP contribution in [0.1, 0.15) is 17.5 Å². The monoisotopic (exact) mass is 322 g/mol. The molecule has 1 heterocycles. The molecule has 0 aliphatic rings. The molecule has 0 radical (unpaired) electrons. The Hall–Kier alpha value is -3.23. The van der Waals surface area contributed by atoms with E-state index in [0.29, 0.717) is 5.69 Å². The topological polar surface area (TPSA) is 112 Å². The third kappa shape index (κ3) is 4.13. The maximum atomic E-state index is 12.8. The van der Waals surface area contributed by atoms with Gasteiger partial charge in [-0.1, -0.05) is 0 Å². The summed E-state index contributed by atoms with van der Waals surface area (Å²) < 4.78 is 22.3. The predicted molar refractivity (Wildman–Crippen MR) is 75.3 cm³/mol. The fraction of sp³-hybridized carbons (Fsp3) is 0.143. The maximum absolute atomic E-state index is 12.8. The minimum atomic E-state index is -1.18. The number of nitrogens with one attached hydrogen (secondary N) is 1. The molecule has 23 heavy (non-hydrogen) atoms. The number of nitrogens with zero attached hydrogens (tertiary/aromatic N) is 1. The van der Waals surface area contributed by atoms with Crippen LogP contribution < -0.4 is 5.32 Å². The van der Waals surface area contributed by atoms with Gasteiger partial charge in [-0.25, -0.2) is 9.18 Å². The van der Waals surface area contributed by atoms with Crippen molar-refractivity contribution in [2.24, 2.45) is 0 Å². The van der Waals surface area contributed by atoms with Gasteiger partial charge in [-0.2, -0.15) is 0 Å². The largest absolute Gasteiger partial charge is 0.447 e. The molecule has 0 spiro atoms. The van der Waals surface area contributed by atoms with Gasteiger partial charge in [-0.3, -0.25) is 14.9 Å². The number of rotatable bonds is 5. The van der Waals surface area contributed by atoms with Crippen molar-refractivity contribution in [2.45, 2.75) is 13.0 Å². The smallest absolute Gasteiger partial charge is 0.433 e. The number of hydrogen-bond donors (Lipinski definition) is 1. The lowest BCUT2D eigenvalue weighted by molar-refractivity contribution is -0.402. The third-order valence-corrected chi connectivity index (χ3v) is 2.74. The summed E-state index contributed by atoms with van der Waals surface area (Å²) in [4.78, 5) is 33.2. The third-order valence-electron chi connectivity index (χ3n) is 2.74. The van der Waals surface area contributed by atoms with Crippen LogP contribution in [-0.2, 0) is 9.53 Å². The minimum Gasteiger partial charge on any atom is -0.447 e. The zero-order chi connectivity index (χ0) is 17.0. The first-order chi connectivity index (χ1) is 10.9. The Labute approximate surface area is 129 Å². The molecule has 1 aromatic heterocycles. The van der Waals surface area contributed by atoms with Gasteiger partial charge < -0.3 is 14.5 Å². The highest BCUT2D eigenvalue weighted by Crippen LogP contribution is 2.17. The lowest BCUT2D eigenvalue weighted by Crippen LogP contribution is -2.29. The maximum Gasteiger partial charge on any atom is 0.433 e. The normalized spacial score (nSPS) is 11.6. The number of benzene rings is 1. The summed E-state index contributed by atoms with van der Waals surface area (Å²) in [5.41, 5.74) is 0.327. The van der Waals surface area contributed by atoms with Crippen LogP contribution in [0.2, 0.25) is 0 Å². The average Bonchev–Trinajstić information content (AvgIpc) is 2.99. The molecule has 9 heteroatoms. The second-order valence-corrected chi connectivity index (χ2v) is 4.44. The van der Waals surface area contributed by atoms with Crippen LogP contribution in [0.3, 0.4) is 0 Å². The summed E-state index contributed by atoms with van der Waals surface area (Å²) in [6.07, 6.45) is -1.18. The molecule has 1 atom stereocenters. The van der Waals surface area contributed by atoms with Gasteiger partial charge in [0.25, 0.3) is 5.91 Å². The van der Waals surface area contributed by atoms with Crippen LogP contribution in [0.25, 0.3) is 0 Å². The van der Waals surface area contributed by atoms with E-state index in [9.17, 15) is 24.1 Å². The number of ether oxygens (including phenoxy) is 1. The van der Waals surface area contributed by atoms with Crippen LogP contribution >= 0.6 is 0 Å².